The Bertz CT molecular complexity index is 1860. The monoisotopic (exact) mass is 1370 g/mol. The van der Waals surface area contributed by atoms with Gasteiger partial charge in [-0.1, -0.05) is 111 Å². The Hall–Kier alpha value is -0.300. The van der Waals surface area contributed by atoms with Crippen molar-refractivity contribution in [2.75, 3.05) is 13.2 Å². The van der Waals surface area contributed by atoms with E-state index in [1.807, 2.05) is 41.5 Å². The van der Waals surface area contributed by atoms with Crippen LogP contribution >= 0.6 is 48.8 Å². The van der Waals surface area contributed by atoms with E-state index in [0.29, 0.717) is 78.3 Å². The third-order valence-corrected chi connectivity index (χ3v) is 20.9. The van der Waals surface area contributed by atoms with Gasteiger partial charge in [0.15, 0.2) is 0 Å². The molecular weight excluding hydrogens is 1270 g/mol. The zero-order valence-electron chi connectivity index (χ0n) is 44.6. The topological polar surface area (TPSA) is 150 Å². The van der Waals surface area contributed by atoms with Crippen molar-refractivity contribution in [1.29, 1.82) is 0 Å². The molecule has 0 aromatic heterocycles. The molecule has 8 aliphatic rings. The Morgan fingerprint density at radius 2 is 0.972 bits per heavy atom. The number of hydrogen-bond acceptors (Lipinski definition) is 9. The van der Waals surface area contributed by atoms with Gasteiger partial charge in [0.05, 0.1) is 25.0 Å². The van der Waals surface area contributed by atoms with Gasteiger partial charge in [-0.25, -0.2) is 9.59 Å². The van der Waals surface area contributed by atoms with Gasteiger partial charge in [0.1, 0.15) is 11.6 Å². The number of carboxylic acids is 1. The summed E-state index contributed by atoms with van der Waals surface area (Å²) in [5.74, 6) is 4.86. The third-order valence-electron chi connectivity index (χ3n) is 20.8. The molecule has 18 atom stereocenters. The molecule has 0 aliphatic heterocycles. The molecule has 8 fully saturated rings. The van der Waals surface area contributed by atoms with Crippen LogP contribution in [-0.4, -0.2) is 53.4 Å². The van der Waals surface area contributed by atoms with E-state index in [4.69, 9.17) is 21.1 Å². The van der Waals surface area contributed by atoms with E-state index in [2.05, 4.69) is 83.5 Å². The Morgan fingerprint density at radius 1 is 0.611 bits per heavy atom. The molecule has 8 saturated carbocycles. The van der Waals surface area contributed by atoms with Gasteiger partial charge in [-0.15, -0.1) is 0 Å². The zero-order valence-corrected chi connectivity index (χ0v) is 51.8. The molecule has 0 spiro atoms. The molecule has 72 heavy (non-hydrogen) atoms. The second kappa shape index (κ2) is 27.5. The molecule has 0 amide bonds. The third kappa shape index (κ3) is 14.3. The SMILES string of the molecule is C.C.CC(C)COC(=O)Cl.CC(C)COC(=O)OC(=O)[C@@H](C)[C@H]1CC[C@H]2[C@@H]3C(=O)C[C@@H]4C[C@H](C)CC[C@]4(C)[C@H]3CC[C@]12C.C[C@@H]1CC[C@@]2(C)[C@H](CC(=O)[C@@H]3[C@@H]2CC[C@]2(C)[C@@H]([C@H](C)C(=O)O)CC[C@@H]32)C1.I[I-]I. The molecule has 8 aliphatic carbocycles. The van der Waals surface area contributed by atoms with Crippen LogP contribution in [0, 0.1) is 116 Å². The fourth-order valence-corrected chi connectivity index (χ4v) is 17.1. The van der Waals surface area contributed by atoms with Crippen LogP contribution in [-0.2, 0) is 33.4 Å². The molecule has 0 heterocycles. The molecule has 0 bridgehead atoms. The molecule has 14 heteroatoms. The zero-order chi connectivity index (χ0) is 52.3. The Labute approximate surface area is 471 Å². The molecule has 0 aromatic carbocycles. The molecule has 0 saturated heterocycles. The van der Waals surface area contributed by atoms with Gasteiger partial charge < -0.3 is 19.3 Å². The van der Waals surface area contributed by atoms with E-state index >= 15 is 0 Å². The number of esters is 1. The van der Waals surface area contributed by atoms with Crippen LogP contribution in [0.2, 0.25) is 0 Å². The summed E-state index contributed by atoms with van der Waals surface area (Å²) in [6.07, 6.45) is 16.6. The van der Waals surface area contributed by atoms with Gasteiger partial charge in [-0.3, -0.25) is 19.2 Å². The molecular formula is C58H97ClI3O10-. The molecule has 0 radical (unpaired) electrons. The van der Waals surface area contributed by atoms with Crippen molar-refractivity contribution < 1.29 is 61.3 Å². The maximum atomic E-state index is 13.5. The maximum absolute atomic E-state index is 13.5. The summed E-state index contributed by atoms with van der Waals surface area (Å²) in [4.78, 5) is 73.2. The van der Waals surface area contributed by atoms with Crippen LogP contribution in [0.15, 0.2) is 0 Å². The summed E-state index contributed by atoms with van der Waals surface area (Å²) >= 11 is 10.2. The fourth-order valence-electron chi connectivity index (χ4n) is 17.0. The Kier molecular flexibility index (Phi) is 25.2. The average Bonchev–Trinajstić information content (AvgIpc) is 3.82. The molecule has 0 unspecified atom stereocenters. The number of Topliss-reactive ketones (excluding diaryl/α,β-unsaturated/α-hetero) is 2. The van der Waals surface area contributed by atoms with Crippen LogP contribution in [0.3, 0.4) is 0 Å². The van der Waals surface area contributed by atoms with Crippen LogP contribution in [0.1, 0.15) is 201 Å². The first-order chi connectivity index (χ1) is 32.7. The van der Waals surface area contributed by atoms with Crippen LogP contribution in [0.25, 0.3) is 0 Å². The Balaban J connectivity index is 0.000000313. The van der Waals surface area contributed by atoms with Crippen molar-refractivity contribution in [1.82, 2.24) is 0 Å². The summed E-state index contributed by atoms with van der Waals surface area (Å²) in [5, 5.41) is 9.58. The van der Waals surface area contributed by atoms with E-state index in [9.17, 15) is 33.9 Å². The van der Waals surface area contributed by atoms with Crippen molar-refractivity contribution >= 4 is 83.9 Å². The number of ketones is 2. The normalized spacial score (nSPS) is 40.0. The minimum absolute atomic E-state index is 0. The minimum atomic E-state index is -0.892. The van der Waals surface area contributed by atoms with E-state index in [1.165, 1.54) is 38.5 Å². The van der Waals surface area contributed by atoms with Crippen LogP contribution in [0.4, 0.5) is 9.59 Å². The second-order valence-corrected chi connectivity index (χ2v) is 42.3. The first-order valence-corrected chi connectivity index (χ1v) is 40.0. The van der Waals surface area contributed by atoms with Crippen molar-refractivity contribution in [3.8, 4) is 0 Å². The van der Waals surface area contributed by atoms with Crippen LogP contribution < -0.4 is 13.3 Å². The fraction of sp³-hybridized carbons (Fsp3) is 0.897. The first kappa shape index (κ1) is 66.0. The number of halogens is 4. The van der Waals surface area contributed by atoms with E-state index in [-0.39, 0.29) is 79.1 Å². The first-order valence-electron chi connectivity index (χ1n) is 27.1. The number of hydrogen-bond donors (Lipinski definition) is 1. The number of fused-ring (bicyclic) bond motifs is 10. The summed E-state index contributed by atoms with van der Waals surface area (Å²) in [7, 11) is 0. The van der Waals surface area contributed by atoms with Crippen molar-refractivity contribution in [3.63, 3.8) is 0 Å². The van der Waals surface area contributed by atoms with Gasteiger partial charge in [0, 0.05) is 36.3 Å². The number of ether oxygens (including phenoxy) is 3. The van der Waals surface area contributed by atoms with E-state index in [0.717, 1.165) is 76.0 Å². The predicted molar refractivity (Wildman–Crippen MR) is 301 cm³/mol. The predicted octanol–water partition coefficient (Wildman–Crippen LogP) is 13.7. The van der Waals surface area contributed by atoms with Gasteiger partial charge in [0.2, 0.25) is 0 Å². The number of carbonyl (C=O) groups excluding carboxylic acids is 5. The summed E-state index contributed by atoms with van der Waals surface area (Å²) in [6, 6.07) is 0. The molecule has 8 rings (SSSR count). The standard InChI is InChI=1S/C28H44O5.C23H36O3.C5H9ClO2.2CH4.I3/c1-16(2)15-32-26(31)33-25(30)18(4)20-7-8-21-24-22(10-12-28(20,21)6)27(5)11-9-17(3)13-19(27)14-23(24)29;1-13-7-9-22(3)15(11-13)12-19(24)20-17-6-5-16(14(2)21(25)26)23(17,4)10-8-18(20)22;1-4(2)3-8-5(6)7;;;1-3-2/h16-22,24H,7-15H2,1-6H3;13-18,20H,5-12H2,1-4H3,(H,25,26);4H,3H2,1-2H3;2*1H4;/q;;;;;-1/t17-,18+,19+,20-,21+,22+,24+,27+,28-;13-,14+,15+,16-,17+,18+,20+,22+,23-;;;;/m11..../s1. The number of carboxylic acid groups (broad SMARTS) is 1. The van der Waals surface area contributed by atoms with E-state index < -0.39 is 23.5 Å². The van der Waals surface area contributed by atoms with Gasteiger partial charge in [-0.2, -0.15) is 0 Å². The number of rotatable bonds is 8. The summed E-state index contributed by atoms with van der Waals surface area (Å²) in [6.45, 7) is 26.5. The van der Waals surface area contributed by atoms with E-state index in [1.54, 1.807) is 0 Å². The molecule has 0 aromatic rings. The molecule has 1 N–H and O–H groups in total. The van der Waals surface area contributed by atoms with Gasteiger partial charge in [-0.05, 0) is 170 Å². The second-order valence-electron chi connectivity index (χ2n) is 25.7. The van der Waals surface area contributed by atoms with Gasteiger partial charge in [0.25, 0.3) is 0 Å². The quantitative estimate of drug-likeness (QED) is 0.108. The Morgan fingerprint density at radius 3 is 1.33 bits per heavy atom. The average molecular weight is 1370 g/mol. The van der Waals surface area contributed by atoms with Crippen molar-refractivity contribution in [3.05, 3.63) is 0 Å². The number of carbonyl (C=O) groups is 6. The summed E-state index contributed by atoms with van der Waals surface area (Å²) < 4.78 is 14.5. The number of aliphatic carboxylic acids is 1. The van der Waals surface area contributed by atoms with Gasteiger partial charge >= 0.3 is 74.0 Å². The molecule has 10 nitrogen and oxygen atoms in total. The van der Waals surface area contributed by atoms with Crippen molar-refractivity contribution in [2.24, 2.45) is 116 Å². The van der Waals surface area contributed by atoms with Crippen molar-refractivity contribution in [2.45, 2.75) is 201 Å². The summed E-state index contributed by atoms with van der Waals surface area (Å²) in [5.41, 5.74) is -0.112. The molecule has 418 valence electrons. The van der Waals surface area contributed by atoms with Crippen LogP contribution in [0.5, 0.6) is 0 Å².